The molecule has 0 saturated carbocycles. The van der Waals surface area contributed by atoms with Gasteiger partial charge in [-0.25, -0.2) is 0 Å². The highest BCUT2D eigenvalue weighted by molar-refractivity contribution is 5.75. The molecule has 1 heterocycles. The van der Waals surface area contributed by atoms with Crippen molar-refractivity contribution in [3.05, 3.63) is 0 Å². The molecule has 14 heavy (non-hydrogen) atoms. The van der Waals surface area contributed by atoms with Crippen LogP contribution in [0.2, 0.25) is 0 Å². The molecule has 0 aliphatic carbocycles. The molecule has 2 unspecified atom stereocenters. The standard InChI is InChI=1S/C10H20N2O2/c1-8-7-12(5-3-9(8)13)6-4-10(14)11-2/h8-9,13H,3-7H2,1-2H3,(H,11,14). The smallest absolute Gasteiger partial charge is 0.221 e. The van der Waals surface area contributed by atoms with E-state index < -0.39 is 0 Å². The van der Waals surface area contributed by atoms with Crippen molar-refractivity contribution in [3.63, 3.8) is 0 Å². The highest BCUT2D eigenvalue weighted by Crippen LogP contribution is 2.16. The van der Waals surface area contributed by atoms with Crippen LogP contribution in [0.25, 0.3) is 0 Å². The molecule has 0 aromatic heterocycles. The molecule has 4 heteroatoms. The fourth-order valence-electron chi connectivity index (χ4n) is 1.81. The Morgan fingerprint density at radius 3 is 2.93 bits per heavy atom. The van der Waals surface area contributed by atoms with E-state index in [1.165, 1.54) is 0 Å². The van der Waals surface area contributed by atoms with Crippen molar-refractivity contribution >= 4 is 5.91 Å². The van der Waals surface area contributed by atoms with Crippen LogP contribution in [0.15, 0.2) is 0 Å². The maximum absolute atomic E-state index is 11.0. The van der Waals surface area contributed by atoms with E-state index in [1.807, 2.05) is 0 Å². The van der Waals surface area contributed by atoms with Crippen LogP contribution in [-0.2, 0) is 4.79 Å². The summed E-state index contributed by atoms with van der Waals surface area (Å²) in [6.07, 6.45) is 1.22. The molecule has 0 aromatic carbocycles. The minimum absolute atomic E-state index is 0.0868. The first kappa shape index (κ1) is 11.5. The van der Waals surface area contributed by atoms with Crippen LogP contribution in [0.1, 0.15) is 19.8 Å². The Morgan fingerprint density at radius 2 is 2.36 bits per heavy atom. The van der Waals surface area contributed by atoms with Gasteiger partial charge in [-0.15, -0.1) is 0 Å². The molecule has 1 fully saturated rings. The van der Waals surface area contributed by atoms with Gasteiger partial charge in [-0.2, -0.15) is 0 Å². The predicted molar refractivity (Wildman–Crippen MR) is 54.9 cm³/mol. The van der Waals surface area contributed by atoms with E-state index in [4.69, 9.17) is 0 Å². The normalized spacial score (nSPS) is 28.8. The van der Waals surface area contributed by atoms with E-state index in [-0.39, 0.29) is 12.0 Å². The molecule has 2 atom stereocenters. The number of aliphatic hydroxyl groups is 1. The molecule has 1 amide bonds. The fraction of sp³-hybridized carbons (Fsp3) is 0.900. The van der Waals surface area contributed by atoms with Crippen molar-refractivity contribution in [1.82, 2.24) is 10.2 Å². The number of carbonyl (C=O) groups is 1. The molecule has 82 valence electrons. The Labute approximate surface area is 85.3 Å². The van der Waals surface area contributed by atoms with Crippen LogP contribution in [0.5, 0.6) is 0 Å². The Kier molecular flexibility index (Phi) is 4.35. The highest BCUT2D eigenvalue weighted by Gasteiger charge is 2.23. The van der Waals surface area contributed by atoms with Crippen molar-refractivity contribution in [2.75, 3.05) is 26.7 Å². The van der Waals surface area contributed by atoms with Crippen molar-refractivity contribution < 1.29 is 9.90 Å². The molecule has 2 N–H and O–H groups in total. The summed E-state index contributed by atoms with van der Waals surface area (Å²) >= 11 is 0. The maximum atomic E-state index is 11.0. The van der Waals surface area contributed by atoms with E-state index in [0.29, 0.717) is 12.3 Å². The fourth-order valence-corrected chi connectivity index (χ4v) is 1.81. The summed E-state index contributed by atoms with van der Waals surface area (Å²) in [5, 5.41) is 12.1. The van der Waals surface area contributed by atoms with E-state index in [1.54, 1.807) is 7.05 Å². The summed E-state index contributed by atoms with van der Waals surface area (Å²) in [6.45, 7) is 4.66. The van der Waals surface area contributed by atoms with E-state index >= 15 is 0 Å². The lowest BCUT2D eigenvalue weighted by molar-refractivity contribution is -0.121. The number of hydrogen-bond acceptors (Lipinski definition) is 3. The molecule has 1 aliphatic heterocycles. The molecule has 0 radical (unpaired) electrons. The third-order valence-corrected chi connectivity index (χ3v) is 2.88. The minimum atomic E-state index is -0.161. The molecule has 1 saturated heterocycles. The molecule has 0 spiro atoms. The van der Waals surface area contributed by atoms with Crippen molar-refractivity contribution in [3.8, 4) is 0 Å². The first-order chi connectivity index (χ1) is 6.63. The predicted octanol–water partition coefficient (Wildman–Crippen LogP) is -0.175. The minimum Gasteiger partial charge on any atom is -0.393 e. The van der Waals surface area contributed by atoms with Gasteiger partial charge in [0.15, 0.2) is 0 Å². The quantitative estimate of drug-likeness (QED) is 0.665. The van der Waals surface area contributed by atoms with Gasteiger partial charge >= 0.3 is 0 Å². The molecular formula is C10H20N2O2. The maximum Gasteiger partial charge on any atom is 0.221 e. The monoisotopic (exact) mass is 200 g/mol. The third-order valence-electron chi connectivity index (χ3n) is 2.88. The summed E-state index contributed by atoms with van der Waals surface area (Å²) in [5.74, 6) is 0.414. The van der Waals surface area contributed by atoms with Gasteiger partial charge in [0.25, 0.3) is 0 Å². The highest BCUT2D eigenvalue weighted by atomic mass is 16.3. The summed E-state index contributed by atoms with van der Waals surface area (Å²) in [6, 6.07) is 0. The summed E-state index contributed by atoms with van der Waals surface area (Å²) in [7, 11) is 1.66. The average Bonchev–Trinajstić information content (AvgIpc) is 2.19. The lowest BCUT2D eigenvalue weighted by atomic mass is 9.97. The second kappa shape index (κ2) is 5.32. The zero-order valence-electron chi connectivity index (χ0n) is 8.99. The molecule has 1 aliphatic rings. The van der Waals surface area contributed by atoms with Gasteiger partial charge in [-0.05, 0) is 12.3 Å². The number of piperidine rings is 1. The molecule has 4 nitrogen and oxygen atoms in total. The zero-order chi connectivity index (χ0) is 10.6. The lowest BCUT2D eigenvalue weighted by Crippen LogP contribution is -2.43. The number of hydrogen-bond donors (Lipinski definition) is 2. The summed E-state index contributed by atoms with van der Waals surface area (Å²) in [5.41, 5.74) is 0. The Hall–Kier alpha value is -0.610. The number of nitrogens with one attached hydrogen (secondary N) is 1. The topological polar surface area (TPSA) is 52.6 Å². The molecule has 1 rings (SSSR count). The van der Waals surface area contributed by atoms with Crippen molar-refractivity contribution in [2.24, 2.45) is 5.92 Å². The summed E-state index contributed by atoms with van der Waals surface area (Å²) in [4.78, 5) is 13.3. The first-order valence-electron chi connectivity index (χ1n) is 5.24. The lowest BCUT2D eigenvalue weighted by Gasteiger charge is -2.34. The van der Waals surface area contributed by atoms with Crippen LogP contribution in [0, 0.1) is 5.92 Å². The van der Waals surface area contributed by atoms with Crippen LogP contribution in [0.3, 0.4) is 0 Å². The van der Waals surface area contributed by atoms with Gasteiger partial charge in [0.2, 0.25) is 5.91 Å². The van der Waals surface area contributed by atoms with Crippen LogP contribution in [-0.4, -0.2) is 48.7 Å². The molecule has 0 bridgehead atoms. The Morgan fingerprint density at radius 1 is 1.64 bits per heavy atom. The average molecular weight is 200 g/mol. The Bertz CT molecular complexity index is 197. The summed E-state index contributed by atoms with van der Waals surface area (Å²) < 4.78 is 0. The number of likely N-dealkylation sites (tertiary alicyclic amines) is 1. The number of rotatable bonds is 3. The van der Waals surface area contributed by atoms with Gasteiger partial charge in [-0.3, -0.25) is 4.79 Å². The van der Waals surface area contributed by atoms with Gasteiger partial charge in [0.1, 0.15) is 0 Å². The van der Waals surface area contributed by atoms with Crippen LogP contribution < -0.4 is 5.32 Å². The SMILES string of the molecule is CNC(=O)CCN1CCC(O)C(C)C1. The van der Waals surface area contributed by atoms with Gasteiger partial charge < -0.3 is 15.3 Å². The number of nitrogens with zero attached hydrogens (tertiary/aromatic N) is 1. The zero-order valence-corrected chi connectivity index (χ0v) is 8.99. The first-order valence-corrected chi connectivity index (χ1v) is 5.24. The van der Waals surface area contributed by atoms with Gasteiger partial charge in [0, 0.05) is 33.1 Å². The number of carbonyl (C=O) groups excluding carboxylic acids is 1. The second-order valence-corrected chi connectivity index (χ2v) is 4.06. The Balaban J connectivity index is 2.23. The van der Waals surface area contributed by atoms with Crippen molar-refractivity contribution in [2.45, 2.75) is 25.9 Å². The van der Waals surface area contributed by atoms with E-state index in [2.05, 4.69) is 17.1 Å². The van der Waals surface area contributed by atoms with Crippen molar-refractivity contribution in [1.29, 1.82) is 0 Å². The second-order valence-electron chi connectivity index (χ2n) is 4.06. The largest absolute Gasteiger partial charge is 0.393 e. The van der Waals surface area contributed by atoms with E-state index in [9.17, 15) is 9.90 Å². The van der Waals surface area contributed by atoms with Gasteiger partial charge in [-0.1, -0.05) is 6.92 Å². The van der Waals surface area contributed by atoms with Gasteiger partial charge in [0.05, 0.1) is 6.10 Å². The van der Waals surface area contributed by atoms with Crippen LogP contribution in [0.4, 0.5) is 0 Å². The number of aliphatic hydroxyl groups excluding tert-OH is 1. The van der Waals surface area contributed by atoms with Crippen LogP contribution >= 0.6 is 0 Å². The number of amides is 1. The molecular weight excluding hydrogens is 180 g/mol. The third kappa shape index (κ3) is 3.27. The molecule has 0 aromatic rings. The van der Waals surface area contributed by atoms with E-state index in [0.717, 1.165) is 26.1 Å².